The van der Waals surface area contributed by atoms with Crippen molar-refractivity contribution >= 4 is 11.0 Å². The number of aryl methyl sites for hydroxylation is 2. The highest BCUT2D eigenvalue weighted by Crippen LogP contribution is 2.31. The number of hydrogen-bond donors (Lipinski definition) is 1. The summed E-state index contributed by atoms with van der Waals surface area (Å²) in [6.45, 7) is 5.17. The Hall–Kier alpha value is -3.15. The monoisotopic (exact) mass is 350 g/mol. The van der Waals surface area contributed by atoms with E-state index >= 15 is 0 Å². The predicted molar refractivity (Wildman–Crippen MR) is 101 cm³/mol. The smallest absolute Gasteiger partial charge is 0.329 e. The second-order valence-corrected chi connectivity index (χ2v) is 6.11. The van der Waals surface area contributed by atoms with Crippen molar-refractivity contribution < 1.29 is 4.39 Å². The van der Waals surface area contributed by atoms with E-state index in [1.165, 1.54) is 12.1 Å². The number of nitrogens with zero attached hydrogens (tertiary/aromatic N) is 3. The van der Waals surface area contributed by atoms with Crippen LogP contribution < -0.4 is 5.69 Å². The lowest BCUT2D eigenvalue weighted by Gasteiger charge is -2.05. The van der Waals surface area contributed by atoms with E-state index in [1.54, 1.807) is 27.6 Å². The minimum absolute atomic E-state index is 0.00272. The molecule has 0 fully saturated rings. The quantitative estimate of drug-likeness (QED) is 0.604. The van der Waals surface area contributed by atoms with Gasteiger partial charge in [-0.1, -0.05) is 6.07 Å². The first-order valence-corrected chi connectivity index (χ1v) is 8.66. The highest BCUT2D eigenvalue weighted by atomic mass is 19.1. The topological polar surface area (TPSA) is 55.6 Å². The Bertz CT molecular complexity index is 1140. The molecular formula is C20H19FN4O. The van der Waals surface area contributed by atoms with Gasteiger partial charge >= 0.3 is 5.69 Å². The Morgan fingerprint density at radius 1 is 0.962 bits per heavy atom. The molecule has 132 valence electrons. The fourth-order valence-electron chi connectivity index (χ4n) is 3.43. The van der Waals surface area contributed by atoms with Crippen molar-refractivity contribution in [3.63, 3.8) is 0 Å². The van der Waals surface area contributed by atoms with Crippen LogP contribution in [-0.2, 0) is 13.1 Å². The van der Waals surface area contributed by atoms with E-state index < -0.39 is 0 Å². The van der Waals surface area contributed by atoms with Gasteiger partial charge in [0.2, 0.25) is 0 Å². The summed E-state index contributed by atoms with van der Waals surface area (Å²) in [5, 5.41) is 0. The summed E-state index contributed by atoms with van der Waals surface area (Å²) in [7, 11) is 0. The first-order valence-electron chi connectivity index (χ1n) is 8.66. The van der Waals surface area contributed by atoms with E-state index in [-0.39, 0.29) is 11.5 Å². The fourth-order valence-corrected chi connectivity index (χ4v) is 3.43. The third-order valence-corrected chi connectivity index (χ3v) is 4.70. The number of nitrogens with one attached hydrogen (secondary N) is 1. The number of imidazole rings is 2. The van der Waals surface area contributed by atoms with Gasteiger partial charge in [0, 0.05) is 24.2 Å². The normalized spacial score (nSPS) is 11.3. The third kappa shape index (κ3) is 2.45. The van der Waals surface area contributed by atoms with E-state index in [0.29, 0.717) is 13.1 Å². The maximum Gasteiger partial charge on any atom is 0.329 e. The summed E-state index contributed by atoms with van der Waals surface area (Å²) in [5.74, 6) is -0.274. The zero-order chi connectivity index (χ0) is 18.3. The minimum atomic E-state index is -0.274. The van der Waals surface area contributed by atoms with Gasteiger partial charge in [-0.3, -0.25) is 9.13 Å². The van der Waals surface area contributed by atoms with Gasteiger partial charge in [-0.15, -0.1) is 0 Å². The second-order valence-electron chi connectivity index (χ2n) is 6.11. The predicted octanol–water partition coefficient (Wildman–Crippen LogP) is 4.04. The van der Waals surface area contributed by atoms with Crippen LogP contribution in [0.1, 0.15) is 13.8 Å². The van der Waals surface area contributed by atoms with Crippen LogP contribution in [0.5, 0.6) is 0 Å². The number of fused-ring (bicyclic) bond motifs is 1. The molecule has 0 atom stereocenters. The lowest BCUT2D eigenvalue weighted by molar-refractivity contribution is 0.628. The molecule has 26 heavy (non-hydrogen) atoms. The molecule has 0 spiro atoms. The van der Waals surface area contributed by atoms with Crippen molar-refractivity contribution in [2.45, 2.75) is 26.9 Å². The Morgan fingerprint density at radius 2 is 1.62 bits per heavy atom. The van der Waals surface area contributed by atoms with Crippen LogP contribution >= 0.6 is 0 Å². The zero-order valence-electron chi connectivity index (χ0n) is 14.7. The van der Waals surface area contributed by atoms with Gasteiger partial charge in [-0.25, -0.2) is 14.2 Å². The molecule has 0 aliphatic carbocycles. The molecule has 4 aromatic rings. The van der Waals surface area contributed by atoms with Crippen LogP contribution in [0.4, 0.5) is 4.39 Å². The van der Waals surface area contributed by atoms with Gasteiger partial charge in [0.25, 0.3) is 0 Å². The van der Waals surface area contributed by atoms with Crippen LogP contribution in [0.2, 0.25) is 0 Å². The highest BCUT2D eigenvalue weighted by Gasteiger charge is 2.15. The van der Waals surface area contributed by atoms with E-state index in [9.17, 15) is 9.18 Å². The number of benzene rings is 2. The average Bonchev–Trinajstić information content (AvgIpc) is 3.23. The summed E-state index contributed by atoms with van der Waals surface area (Å²) in [6.07, 6.45) is 1.63. The first-order chi connectivity index (χ1) is 12.6. The molecule has 2 aromatic carbocycles. The molecule has 0 saturated carbocycles. The average molecular weight is 350 g/mol. The van der Waals surface area contributed by atoms with E-state index in [4.69, 9.17) is 0 Å². The molecule has 0 amide bonds. The number of hydrogen-bond acceptors (Lipinski definition) is 2. The molecule has 6 heteroatoms. The van der Waals surface area contributed by atoms with E-state index in [2.05, 4.69) is 9.97 Å². The maximum absolute atomic E-state index is 13.2. The standard InChI is InChI=1S/C20H19FN4O/c1-3-24-16-10-7-14(11-17(16)25(4-2)20(24)26)19-18(22-12-23-19)13-5-8-15(21)9-6-13/h5-12H,3-4H2,1-2H3,(H,22,23). The highest BCUT2D eigenvalue weighted by molar-refractivity contribution is 5.86. The molecule has 0 bridgehead atoms. The molecule has 0 unspecified atom stereocenters. The molecule has 4 rings (SSSR count). The van der Waals surface area contributed by atoms with Gasteiger partial charge in [0.15, 0.2) is 0 Å². The molecule has 0 radical (unpaired) electrons. The van der Waals surface area contributed by atoms with Crippen LogP contribution in [-0.4, -0.2) is 19.1 Å². The third-order valence-electron chi connectivity index (χ3n) is 4.70. The SMILES string of the molecule is CCn1c(=O)n(CC)c2cc(-c3nc[nH]c3-c3ccc(F)cc3)ccc21. The van der Waals surface area contributed by atoms with Gasteiger partial charge in [0.1, 0.15) is 5.82 Å². The largest absolute Gasteiger partial charge is 0.344 e. The van der Waals surface area contributed by atoms with E-state index in [1.807, 2.05) is 32.0 Å². The Balaban J connectivity index is 1.90. The Morgan fingerprint density at radius 3 is 2.31 bits per heavy atom. The van der Waals surface area contributed by atoms with Gasteiger partial charge < -0.3 is 4.98 Å². The molecule has 0 aliphatic heterocycles. The maximum atomic E-state index is 13.2. The summed E-state index contributed by atoms with van der Waals surface area (Å²) in [4.78, 5) is 20.1. The summed E-state index contributed by atoms with van der Waals surface area (Å²) >= 11 is 0. The molecule has 2 heterocycles. The second kappa shape index (κ2) is 6.29. The lowest BCUT2D eigenvalue weighted by Crippen LogP contribution is -2.22. The molecular weight excluding hydrogens is 331 g/mol. The van der Waals surface area contributed by atoms with Gasteiger partial charge in [-0.2, -0.15) is 0 Å². The minimum Gasteiger partial charge on any atom is -0.344 e. The van der Waals surface area contributed by atoms with Crippen molar-refractivity contribution in [3.05, 3.63) is 65.1 Å². The van der Waals surface area contributed by atoms with Crippen LogP contribution in [0.3, 0.4) is 0 Å². The van der Waals surface area contributed by atoms with Crippen molar-refractivity contribution in [1.29, 1.82) is 0 Å². The first kappa shape index (κ1) is 16.3. The molecule has 1 N–H and O–H groups in total. The summed E-state index contributed by atoms with van der Waals surface area (Å²) in [5.41, 5.74) is 5.18. The van der Waals surface area contributed by atoms with Crippen LogP contribution in [0.15, 0.2) is 53.6 Å². The van der Waals surface area contributed by atoms with Crippen LogP contribution in [0.25, 0.3) is 33.5 Å². The van der Waals surface area contributed by atoms with E-state index in [0.717, 1.165) is 33.5 Å². The van der Waals surface area contributed by atoms with Crippen molar-refractivity contribution in [2.75, 3.05) is 0 Å². The van der Waals surface area contributed by atoms with Crippen molar-refractivity contribution in [1.82, 2.24) is 19.1 Å². The lowest BCUT2D eigenvalue weighted by atomic mass is 10.0. The molecule has 5 nitrogen and oxygen atoms in total. The number of halogens is 1. The molecule has 2 aromatic heterocycles. The van der Waals surface area contributed by atoms with Crippen molar-refractivity contribution in [2.24, 2.45) is 0 Å². The fraction of sp³-hybridized carbons (Fsp3) is 0.200. The number of aromatic amines is 1. The molecule has 0 aliphatic rings. The van der Waals surface area contributed by atoms with Gasteiger partial charge in [-0.05, 0) is 50.2 Å². The number of aromatic nitrogens is 4. The zero-order valence-corrected chi connectivity index (χ0v) is 14.7. The Kier molecular flexibility index (Phi) is 3.95. The number of H-pyrrole nitrogens is 1. The Labute approximate surface area is 149 Å². The van der Waals surface area contributed by atoms with Gasteiger partial charge in [0.05, 0.1) is 28.7 Å². The van der Waals surface area contributed by atoms with Crippen molar-refractivity contribution in [3.8, 4) is 22.5 Å². The molecule has 0 saturated heterocycles. The summed E-state index contributed by atoms with van der Waals surface area (Å²) in [6, 6.07) is 12.2. The number of rotatable bonds is 4. The van der Waals surface area contributed by atoms with Crippen LogP contribution in [0, 0.1) is 5.82 Å². The summed E-state index contributed by atoms with van der Waals surface area (Å²) < 4.78 is 16.8.